The smallest absolute Gasteiger partial charge is 0.130 e. The van der Waals surface area contributed by atoms with Crippen LogP contribution in [0.3, 0.4) is 0 Å². The van der Waals surface area contributed by atoms with Gasteiger partial charge in [-0.3, -0.25) is 4.68 Å². The van der Waals surface area contributed by atoms with Crippen molar-refractivity contribution in [3.8, 4) is 0 Å². The molecule has 0 bridgehead atoms. The van der Waals surface area contributed by atoms with E-state index in [9.17, 15) is 9.50 Å². The number of aliphatic hydroxyl groups is 1. The summed E-state index contributed by atoms with van der Waals surface area (Å²) >= 11 is 6.63. The maximum absolute atomic E-state index is 13.9. The van der Waals surface area contributed by atoms with Gasteiger partial charge in [0, 0.05) is 16.6 Å². The second-order valence-electron chi connectivity index (χ2n) is 4.14. The summed E-state index contributed by atoms with van der Waals surface area (Å²) in [6.45, 7) is 2.69. The Kier molecular flexibility index (Phi) is 4.76. The van der Waals surface area contributed by atoms with Crippen molar-refractivity contribution in [1.82, 2.24) is 9.78 Å². The number of aromatic nitrogens is 2. The van der Waals surface area contributed by atoms with Gasteiger partial charge in [0.2, 0.25) is 0 Å². The van der Waals surface area contributed by atoms with Crippen molar-refractivity contribution in [2.75, 3.05) is 0 Å². The highest BCUT2D eigenvalue weighted by atomic mass is 79.9. The van der Waals surface area contributed by atoms with Crippen LogP contribution in [0.25, 0.3) is 0 Å². The average Bonchev–Trinajstić information content (AvgIpc) is 2.70. The molecule has 0 spiro atoms. The van der Waals surface area contributed by atoms with E-state index in [4.69, 9.17) is 0 Å². The van der Waals surface area contributed by atoms with Gasteiger partial charge in [-0.1, -0.05) is 28.9 Å². The van der Waals surface area contributed by atoms with E-state index in [1.54, 1.807) is 23.0 Å². The molecule has 0 fully saturated rings. The molecule has 1 N–H and O–H groups in total. The van der Waals surface area contributed by atoms with Gasteiger partial charge in [0.05, 0.1) is 16.4 Å². The number of halogens is 3. The van der Waals surface area contributed by atoms with Crippen molar-refractivity contribution in [2.45, 2.75) is 26.0 Å². The van der Waals surface area contributed by atoms with Crippen molar-refractivity contribution in [2.24, 2.45) is 0 Å². The van der Waals surface area contributed by atoms with Crippen LogP contribution in [0.2, 0.25) is 0 Å². The number of aliphatic hydroxyl groups excluding tert-OH is 1. The summed E-state index contributed by atoms with van der Waals surface area (Å²) < 4.78 is 16.8. The highest BCUT2D eigenvalue weighted by Gasteiger charge is 2.24. The van der Waals surface area contributed by atoms with E-state index in [0.717, 1.165) is 6.42 Å². The molecule has 19 heavy (non-hydrogen) atoms. The Balaban J connectivity index is 2.50. The third kappa shape index (κ3) is 2.90. The van der Waals surface area contributed by atoms with Crippen molar-refractivity contribution < 1.29 is 9.50 Å². The summed E-state index contributed by atoms with van der Waals surface area (Å²) in [6, 6.07) is 4.63. The molecule has 2 aromatic rings. The third-order valence-corrected chi connectivity index (χ3v) is 4.10. The topological polar surface area (TPSA) is 38.0 Å². The Labute approximate surface area is 127 Å². The van der Waals surface area contributed by atoms with Crippen LogP contribution in [-0.2, 0) is 6.54 Å². The molecular weight excluding hydrogens is 379 g/mol. The molecule has 1 unspecified atom stereocenters. The number of aryl methyl sites for hydroxylation is 1. The van der Waals surface area contributed by atoms with Gasteiger partial charge in [-0.05, 0) is 34.5 Å². The Morgan fingerprint density at radius 2 is 2.11 bits per heavy atom. The van der Waals surface area contributed by atoms with Gasteiger partial charge in [-0.25, -0.2) is 4.39 Å². The summed E-state index contributed by atoms with van der Waals surface area (Å²) in [4.78, 5) is 0. The van der Waals surface area contributed by atoms with Crippen molar-refractivity contribution in [1.29, 1.82) is 0 Å². The Morgan fingerprint density at radius 3 is 2.74 bits per heavy atom. The predicted octanol–water partition coefficient (Wildman–Crippen LogP) is 4.04. The zero-order valence-electron chi connectivity index (χ0n) is 10.3. The standard InChI is InChI=1S/C13H13Br2FN2O/c1-2-6-18-12(9(15)7-17-18)13(19)11-8(14)4-3-5-10(11)16/h3-5,7,13,19H,2,6H2,1H3. The molecule has 1 heterocycles. The molecule has 6 heteroatoms. The largest absolute Gasteiger partial charge is 0.382 e. The van der Waals surface area contributed by atoms with E-state index >= 15 is 0 Å². The molecule has 3 nitrogen and oxygen atoms in total. The molecular formula is C13H13Br2FN2O. The second kappa shape index (κ2) is 6.15. The number of benzene rings is 1. The lowest BCUT2D eigenvalue weighted by molar-refractivity contribution is 0.200. The highest BCUT2D eigenvalue weighted by Crippen LogP contribution is 2.34. The van der Waals surface area contributed by atoms with Crippen LogP contribution < -0.4 is 0 Å². The van der Waals surface area contributed by atoms with Crippen LogP contribution in [0.4, 0.5) is 4.39 Å². The van der Waals surface area contributed by atoms with E-state index in [2.05, 4.69) is 37.0 Å². The first-order chi connectivity index (χ1) is 9.06. The summed E-state index contributed by atoms with van der Waals surface area (Å²) in [5.74, 6) is -0.446. The lowest BCUT2D eigenvalue weighted by Gasteiger charge is -2.16. The molecule has 0 saturated carbocycles. The minimum atomic E-state index is -1.07. The normalized spacial score (nSPS) is 12.7. The zero-order chi connectivity index (χ0) is 14.0. The summed E-state index contributed by atoms with van der Waals surface area (Å²) in [5, 5.41) is 14.7. The summed E-state index contributed by atoms with van der Waals surface area (Å²) in [6.07, 6.45) is 1.42. The Bertz CT molecular complexity index is 566. The quantitative estimate of drug-likeness (QED) is 0.853. The van der Waals surface area contributed by atoms with Gasteiger partial charge >= 0.3 is 0 Å². The van der Waals surface area contributed by atoms with Crippen molar-refractivity contribution in [3.05, 3.63) is 50.4 Å². The van der Waals surface area contributed by atoms with E-state index in [0.29, 0.717) is 21.2 Å². The first kappa shape index (κ1) is 14.7. The monoisotopic (exact) mass is 390 g/mol. The van der Waals surface area contributed by atoms with E-state index in [1.807, 2.05) is 6.92 Å². The number of rotatable bonds is 4. The van der Waals surface area contributed by atoms with Crippen LogP contribution in [-0.4, -0.2) is 14.9 Å². The molecule has 1 aromatic carbocycles. The number of hydrogen-bond donors (Lipinski definition) is 1. The van der Waals surface area contributed by atoms with Gasteiger partial charge < -0.3 is 5.11 Å². The molecule has 0 amide bonds. The van der Waals surface area contributed by atoms with Gasteiger partial charge in [0.25, 0.3) is 0 Å². The minimum absolute atomic E-state index is 0.223. The predicted molar refractivity (Wildman–Crippen MR) is 78.4 cm³/mol. The fourth-order valence-electron chi connectivity index (χ4n) is 1.94. The lowest BCUT2D eigenvalue weighted by Crippen LogP contribution is -2.12. The molecule has 0 aliphatic heterocycles. The summed E-state index contributed by atoms with van der Waals surface area (Å²) in [5.41, 5.74) is 0.786. The van der Waals surface area contributed by atoms with Gasteiger partial charge in [0.15, 0.2) is 0 Å². The van der Waals surface area contributed by atoms with Crippen LogP contribution in [0.5, 0.6) is 0 Å². The molecule has 1 aromatic heterocycles. The Morgan fingerprint density at radius 1 is 1.37 bits per heavy atom. The molecule has 0 aliphatic carbocycles. The van der Waals surface area contributed by atoms with Crippen LogP contribution in [0.15, 0.2) is 33.3 Å². The third-order valence-electron chi connectivity index (χ3n) is 2.80. The first-order valence-electron chi connectivity index (χ1n) is 5.89. The zero-order valence-corrected chi connectivity index (χ0v) is 13.4. The second-order valence-corrected chi connectivity index (χ2v) is 5.85. The van der Waals surface area contributed by atoms with E-state index < -0.39 is 11.9 Å². The first-order valence-corrected chi connectivity index (χ1v) is 7.48. The summed E-state index contributed by atoms with van der Waals surface area (Å²) in [7, 11) is 0. The lowest BCUT2D eigenvalue weighted by atomic mass is 10.1. The van der Waals surface area contributed by atoms with Crippen molar-refractivity contribution in [3.63, 3.8) is 0 Å². The molecule has 1 atom stereocenters. The number of hydrogen-bond acceptors (Lipinski definition) is 2. The molecule has 0 radical (unpaired) electrons. The fourth-order valence-corrected chi connectivity index (χ4v) is 3.01. The Hall–Kier alpha value is -0.720. The molecule has 2 rings (SSSR count). The van der Waals surface area contributed by atoms with Gasteiger partial charge in [-0.15, -0.1) is 0 Å². The van der Waals surface area contributed by atoms with Crippen LogP contribution in [0.1, 0.15) is 30.7 Å². The molecule has 0 saturated heterocycles. The van der Waals surface area contributed by atoms with Gasteiger partial charge in [0.1, 0.15) is 11.9 Å². The van der Waals surface area contributed by atoms with E-state index in [1.165, 1.54) is 6.07 Å². The minimum Gasteiger partial charge on any atom is -0.382 e. The maximum atomic E-state index is 13.9. The SMILES string of the molecule is CCCn1ncc(Br)c1C(O)c1c(F)cccc1Br. The molecule has 0 aliphatic rings. The number of nitrogens with zero attached hydrogens (tertiary/aromatic N) is 2. The van der Waals surface area contributed by atoms with Crippen LogP contribution >= 0.6 is 31.9 Å². The highest BCUT2D eigenvalue weighted by molar-refractivity contribution is 9.10. The van der Waals surface area contributed by atoms with Crippen molar-refractivity contribution >= 4 is 31.9 Å². The average molecular weight is 392 g/mol. The van der Waals surface area contributed by atoms with E-state index in [-0.39, 0.29) is 5.56 Å². The molecule has 102 valence electrons. The van der Waals surface area contributed by atoms with Gasteiger partial charge in [-0.2, -0.15) is 5.10 Å². The fraction of sp³-hybridized carbons (Fsp3) is 0.308. The van der Waals surface area contributed by atoms with Crippen LogP contribution in [0, 0.1) is 5.82 Å². The maximum Gasteiger partial charge on any atom is 0.130 e.